The lowest BCUT2D eigenvalue weighted by Gasteiger charge is -2.28. The fraction of sp³-hybridized carbons (Fsp3) is 0.667. The van der Waals surface area contributed by atoms with Crippen LogP contribution in [0.2, 0.25) is 0 Å². The summed E-state index contributed by atoms with van der Waals surface area (Å²) in [6.07, 6.45) is 1.60. The molecule has 0 saturated carbocycles. The molecule has 0 aromatic rings. The maximum absolute atomic E-state index is 12.8. The first-order valence-corrected chi connectivity index (χ1v) is 11.3. The van der Waals surface area contributed by atoms with Gasteiger partial charge in [-0.15, -0.1) is 0 Å². The van der Waals surface area contributed by atoms with E-state index in [2.05, 4.69) is 5.32 Å². The smallest absolute Gasteiger partial charge is 0.326 e. The Balaban J connectivity index is 2.91. The Hall–Kier alpha value is -2.87. The summed E-state index contributed by atoms with van der Waals surface area (Å²) in [4.78, 5) is 72.6. The highest BCUT2D eigenvalue weighted by atomic mass is 32.2. The van der Waals surface area contributed by atoms with Crippen molar-refractivity contribution in [2.75, 3.05) is 18.6 Å². The zero-order chi connectivity index (χ0) is 24.4. The minimum Gasteiger partial charge on any atom is -0.481 e. The summed E-state index contributed by atoms with van der Waals surface area (Å²) in [5.41, 5.74) is 11.0. The molecule has 4 atom stereocenters. The van der Waals surface area contributed by atoms with E-state index in [1.54, 1.807) is 0 Å². The van der Waals surface area contributed by atoms with Crippen molar-refractivity contribution in [2.24, 2.45) is 11.5 Å². The van der Waals surface area contributed by atoms with E-state index in [4.69, 9.17) is 21.7 Å². The zero-order valence-corrected chi connectivity index (χ0v) is 18.4. The van der Waals surface area contributed by atoms with E-state index in [1.807, 2.05) is 11.6 Å². The number of nitrogens with one attached hydrogen (secondary N) is 2. The van der Waals surface area contributed by atoms with E-state index >= 15 is 0 Å². The molecular formula is C18H29N5O8S. The summed E-state index contributed by atoms with van der Waals surface area (Å²) in [5, 5.41) is 22.2. The van der Waals surface area contributed by atoms with Gasteiger partial charge in [0.05, 0.1) is 18.9 Å². The van der Waals surface area contributed by atoms with Gasteiger partial charge in [-0.3, -0.25) is 24.0 Å². The molecule has 1 fully saturated rings. The highest BCUT2D eigenvalue weighted by Gasteiger charge is 2.38. The molecule has 0 spiro atoms. The number of nitrogens with zero attached hydrogens (tertiary/aromatic N) is 1. The molecule has 1 aliphatic rings. The van der Waals surface area contributed by atoms with Crippen LogP contribution in [0.15, 0.2) is 0 Å². The van der Waals surface area contributed by atoms with E-state index < -0.39 is 72.6 Å². The van der Waals surface area contributed by atoms with Crippen LogP contribution in [-0.2, 0) is 28.8 Å². The number of primary amides is 1. The first-order valence-electron chi connectivity index (χ1n) is 9.86. The Labute approximate surface area is 188 Å². The van der Waals surface area contributed by atoms with Gasteiger partial charge >= 0.3 is 11.9 Å². The minimum atomic E-state index is -1.77. The number of likely N-dealkylation sites (tertiary alicyclic amines) is 1. The maximum Gasteiger partial charge on any atom is 0.326 e. The standard InChI is InChI=1S/C18H29N5O8S/c1-32-6-4-9(19)17(29)23-5-2-3-12(23)16(28)21-10(7-13(20)24)15(27)22-11(18(30)31)8-14(25)26/h9-12H,2-8,19H2,1H3,(H2,20,24)(H,21,28)(H,22,27)(H,25,26)(H,30,31). The average Bonchev–Trinajstić information content (AvgIpc) is 3.19. The van der Waals surface area contributed by atoms with Crippen molar-refractivity contribution in [1.82, 2.24) is 15.5 Å². The number of carboxylic acids is 2. The van der Waals surface area contributed by atoms with Crippen LogP contribution in [0.1, 0.15) is 32.1 Å². The second kappa shape index (κ2) is 12.9. The Morgan fingerprint density at radius 2 is 1.75 bits per heavy atom. The Morgan fingerprint density at radius 3 is 2.28 bits per heavy atom. The number of thioether (sulfide) groups is 1. The molecule has 1 aliphatic heterocycles. The fourth-order valence-electron chi connectivity index (χ4n) is 3.21. The van der Waals surface area contributed by atoms with Gasteiger partial charge in [0.2, 0.25) is 23.6 Å². The van der Waals surface area contributed by atoms with Gasteiger partial charge < -0.3 is 37.2 Å². The van der Waals surface area contributed by atoms with Crippen LogP contribution in [0.25, 0.3) is 0 Å². The van der Waals surface area contributed by atoms with Crippen molar-refractivity contribution < 1.29 is 39.0 Å². The predicted octanol–water partition coefficient (Wildman–Crippen LogP) is -2.54. The molecule has 180 valence electrons. The third kappa shape index (κ3) is 8.34. The molecule has 0 aromatic heterocycles. The lowest BCUT2D eigenvalue weighted by Crippen LogP contribution is -2.57. The fourth-order valence-corrected chi connectivity index (χ4v) is 3.70. The highest BCUT2D eigenvalue weighted by molar-refractivity contribution is 7.98. The van der Waals surface area contributed by atoms with Crippen molar-refractivity contribution in [2.45, 2.75) is 56.3 Å². The Kier molecular flexibility index (Phi) is 10.9. The number of hydrogen-bond donors (Lipinski definition) is 6. The normalized spacial score (nSPS) is 18.3. The van der Waals surface area contributed by atoms with Crippen LogP contribution in [0.4, 0.5) is 0 Å². The largest absolute Gasteiger partial charge is 0.481 e. The van der Waals surface area contributed by atoms with E-state index in [0.29, 0.717) is 31.6 Å². The van der Waals surface area contributed by atoms with Crippen molar-refractivity contribution in [3.05, 3.63) is 0 Å². The molecule has 4 unspecified atom stereocenters. The lowest BCUT2D eigenvalue weighted by molar-refractivity contribution is -0.147. The van der Waals surface area contributed by atoms with Crippen LogP contribution < -0.4 is 22.1 Å². The van der Waals surface area contributed by atoms with Gasteiger partial charge in [-0.05, 0) is 31.3 Å². The minimum absolute atomic E-state index is 0.302. The molecule has 13 nitrogen and oxygen atoms in total. The third-order valence-electron chi connectivity index (χ3n) is 4.82. The van der Waals surface area contributed by atoms with Crippen molar-refractivity contribution >= 4 is 47.3 Å². The second-order valence-corrected chi connectivity index (χ2v) is 8.29. The predicted molar refractivity (Wildman–Crippen MR) is 113 cm³/mol. The summed E-state index contributed by atoms with van der Waals surface area (Å²) in [6, 6.07) is -5.02. The van der Waals surface area contributed by atoms with Gasteiger partial charge in [-0.1, -0.05) is 0 Å². The van der Waals surface area contributed by atoms with Crippen LogP contribution in [0, 0.1) is 0 Å². The molecule has 32 heavy (non-hydrogen) atoms. The number of nitrogens with two attached hydrogens (primary N) is 2. The van der Waals surface area contributed by atoms with Gasteiger partial charge in [0, 0.05) is 6.54 Å². The summed E-state index contributed by atoms with van der Waals surface area (Å²) >= 11 is 1.53. The molecular weight excluding hydrogens is 446 g/mol. The van der Waals surface area contributed by atoms with Crippen molar-refractivity contribution in [3.63, 3.8) is 0 Å². The van der Waals surface area contributed by atoms with E-state index in [-0.39, 0.29) is 0 Å². The Morgan fingerprint density at radius 1 is 1.09 bits per heavy atom. The van der Waals surface area contributed by atoms with Crippen LogP contribution in [0.3, 0.4) is 0 Å². The topological polar surface area (TPSA) is 222 Å². The number of hydrogen-bond acceptors (Lipinski definition) is 8. The Bertz CT molecular complexity index is 749. The number of carboxylic acid groups (broad SMARTS) is 2. The van der Waals surface area contributed by atoms with Gasteiger partial charge in [0.1, 0.15) is 18.1 Å². The number of amides is 4. The number of rotatable bonds is 13. The highest BCUT2D eigenvalue weighted by Crippen LogP contribution is 2.19. The van der Waals surface area contributed by atoms with E-state index in [9.17, 15) is 28.8 Å². The van der Waals surface area contributed by atoms with Gasteiger partial charge in [0.25, 0.3) is 0 Å². The molecule has 0 radical (unpaired) electrons. The molecule has 1 saturated heterocycles. The van der Waals surface area contributed by atoms with E-state index in [0.717, 1.165) is 0 Å². The molecule has 0 bridgehead atoms. The van der Waals surface area contributed by atoms with Gasteiger partial charge in [0.15, 0.2) is 0 Å². The zero-order valence-electron chi connectivity index (χ0n) is 17.6. The van der Waals surface area contributed by atoms with Crippen molar-refractivity contribution in [3.8, 4) is 0 Å². The van der Waals surface area contributed by atoms with Crippen LogP contribution >= 0.6 is 11.8 Å². The average molecular weight is 476 g/mol. The van der Waals surface area contributed by atoms with Crippen LogP contribution in [-0.4, -0.2) is 93.4 Å². The van der Waals surface area contributed by atoms with E-state index in [1.165, 1.54) is 16.7 Å². The lowest BCUT2D eigenvalue weighted by atomic mass is 10.1. The second-order valence-electron chi connectivity index (χ2n) is 7.31. The maximum atomic E-state index is 12.8. The summed E-state index contributed by atoms with van der Waals surface area (Å²) in [5.74, 6) is -5.56. The SMILES string of the molecule is CSCCC(N)C(=O)N1CCCC1C(=O)NC(CC(N)=O)C(=O)NC(CC(=O)O)C(=O)O. The number of carbonyl (C=O) groups excluding carboxylic acids is 4. The van der Waals surface area contributed by atoms with Gasteiger partial charge in [-0.2, -0.15) is 11.8 Å². The summed E-state index contributed by atoms with van der Waals surface area (Å²) in [7, 11) is 0. The molecule has 0 aromatic carbocycles. The molecule has 8 N–H and O–H groups in total. The monoisotopic (exact) mass is 475 g/mol. The quantitative estimate of drug-likeness (QED) is 0.164. The first-order chi connectivity index (χ1) is 15.0. The van der Waals surface area contributed by atoms with Gasteiger partial charge in [-0.25, -0.2) is 4.79 Å². The molecule has 0 aliphatic carbocycles. The molecule has 4 amide bonds. The first kappa shape index (κ1) is 27.2. The third-order valence-corrected chi connectivity index (χ3v) is 5.46. The molecule has 1 heterocycles. The molecule has 14 heteroatoms. The summed E-state index contributed by atoms with van der Waals surface area (Å²) < 4.78 is 0. The number of carbonyl (C=O) groups is 6. The van der Waals surface area contributed by atoms with Crippen LogP contribution in [0.5, 0.6) is 0 Å². The van der Waals surface area contributed by atoms with Crippen molar-refractivity contribution in [1.29, 1.82) is 0 Å². The number of aliphatic carboxylic acids is 2. The molecule has 1 rings (SSSR count). The summed E-state index contributed by atoms with van der Waals surface area (Å²) in [6.45, 7) is 0.302.